The molecule has 1 amide bonds. The van der Waals surface area contributed by atoms with Gasteiger partial charge in [-0.3, -0.25) is 9.48 Å². The van der Waals surface area contributed by atoms with Gasteiger partial charge in [0.1, 0.15) is 16.9 Å². The highest BCUT2D eigenvalue weighted by Gasteiger charge is 2.43. The molecule has 4 aromatic rings. The Bertz CT molecular complexity index is 1460. The third-order valence-corrected chi connectivity index (χ3v) is 7.46. The van der Waals surface area contributed by atoms with E-state index in [0.29, 0.717) is 62.3 Å². The fourth-order valence-electron chi connectivity index (χ4n) is 5.28. The summed E-state index contributed by atoms with van der Waals surface area (Å²) < 4.78 is 16.6. The lowest BCUT2D eigenvalue weighted by molar-refractivity contribution is 0.0652. The number of imidazole rings is 1. The van der Waals surface area contributed by atoms with Crippen molar-refractivity contribution in [3.8, 4) is 0 Å². The van der Waals surface area contributed by atoms with E-state index in [9.17, 15) is 4.79 Å². The highest BCUT2D eigenvalue weighted by atomic mass is 16.5. The highest BCUT2D eigenvalue weighted by Crippen LogP contribution is 2.39. The van der Waals surface area contributed by atoms with Gasteiger partial charge in [-0.1, -0.05) is 0 Å². The molecule has 0 aromatic carbocycles. The van der Waals surface area contributed by atoms with Gasteiger partial charge in [-0.25, -0.2) is 9.97 Å². The molecular weight excluding hydrogens is 484 g/mol. The molecule has 2 fully saturated rings. The summed E-state index contributed by atoms with van der Waals surface area (Å²) >= 11 is 0. The van der Waals surface area contributed by atoms with Crippen LogP contribution in [0, 0.1) is 6.92 Å². The van der Waals surface area contributed by atoms with Crippen molar-refractivity contribution < 1.29 is 14.3 Å². The molecule has 0 aliphatic heterocycles. The first-order valence-electron chi connectivity index (χ1n) is 13.5. The van der Waals surface area contributed by atoms with E-state index in [1.807, 2.05) is 39.9 Å². The Labute approximate surface area is 221 Å². The SMILES string of the molecule is CCn1c(C(=O)N(C2CC2)C2CC2)cc2c3c(ncn3C)c(Nc3cc(C)n(CCOCCOC)n3)nc21. The van der Waals surface area contributed by atoms with E-state index in [-0.39, 0.29) is 5.91 Å². The quantitative estimate of drug-likeness (QED) is 0.285. The molecule has 2 saturated carbocycles. The number of aromatic nitrogens is 6. The minimum absolute atomic E-state index is 0.127. The van der Waals surface area contributed by atoms with E-state index in [1.165, 1.54) is 0 Å². The van der Waals surface area contributed by atoms with E-state index in [1.54, 1.807) is 13.4 Å². The molecule has 6 rings (SSSR count). The van der Waals surface area contributed by atoms with Gasteiger partial charge >= 0.3 is 0 Å². The Hall–Kier alpha value is -3.44. The van der Waals surface area contributed by atoms with Crippen molar-refractivity contribution in [3.05, 3.63) is 29.8 Å². The van der Waals surface area contributed by atoms with Crippen molar-refractivity contribution in [2.24, 2.45) is 7.05 Å². The molecule has 0 spiro atoms. The standard InChI is InChI=1S/C27H36N8O3/c1-5-33-21(27(36)35(18-6-7-18)19-8-9-19)15-20-24-23(28-16-32(24)3)25(30-26(20)33)29-22-14-17(2)34(31-22)10-11-38-13-12-37-4/h14-16,18-19H,5-13H2,1-4H3,(H,29,30,31). The Morgan fingerprint density at radius 2 is 1.92 bits per heavy atom. The van der Waals surface area contributed by atoms with Gasteiger partial charge < -0.3 is 28.8 Å². The molecule has 1 N–H and O–H groups in total. The van der Waals surface area contributed by atoms with Crippen LogP contribution in [0.4, 0.5) is 11.6 Å². The number of nitrogens with zero attached hydrogens (tertiary/aromatic N) is 7. The van der Waals surface area contributed by atoms with Crippen LogP contribution >= 0.6 is 0 Å². The molecule has 4 heterocycles. The molecule has 0 saturated heterocycles. The van der Waals surface area contributed by atoms with Crippen molar-refractivity contribution in [2.75, 3.05) is 32.2 Å². The van der Waals surface area contributed by atoms with Crippen molar-refractivity contribution in [1.29, 1.82) is 0 Å². The first-order chi connectivity index (χ1) is 18.5. The number of pyridine rings is 1. The number of methoxy groups -OCH3 is 1. The average Bonchev–Trinajstić information content (AvgIpc) is 3.82. The van der Waals surface area contributed by atoms with Gasteiger partial charge in [-0.05, 0) is 45.6 Å². The summed E-state index contributed by atoms with van der Waals surface area (Å²) in [6, 6.07) is 4.79. The number of ether oxygens (including phenoxy) is 2. The van der Waals surface area contributed by atoms with Crippen molar-refractivity contribution in [2.45, 2.75) is 64.7 Å². The first kappa shape index (κ1) is 24.9. The molecule has 2 aliphatic carbocycles. The predicted molar refractivity (Wildman–Crippen MR) is 145 cm³/mol. The Balaban J connectivity index is 1.34. The molecule has 4 aromatic heterocycles. The fourth-order valence-corrected chi connectivity index (χ4v) is 5.28. The summed E-state index contributed by atoms with van der Waals surface area (Å²) in [4.78, 5) is 25.6. The Kier molecular flexibility index (Phi) is 6.56. The predicted octanol–water partition coefficient (Wildman–Crippen LogP) is 3.62. The van der Waals surface area contributed by atoms with Crippen LogP contribution in [0.25, 0.3) is 22.1 Å². The van der Waals surface area contributed by atoms with Crippen LogP contribution in [0.5, 0.6) is 0 Å². The number of rotatable bonds is 12. The summed E-state index contributed by atoms with van der Waals surface area (Å²) in [6.45, 7) is 7.07. The topological polar surface area (TPSA) is 104 Å². The molecule has 2 aliphatic rings. The zero-order valence-electron chi connectivity index (χ0n) is 22.6. The lowest BCUT2D eigenvalue weighted by atomic mass is 10.2. The molecule has 0 unspecified atom stereocenters. The highest BCUT2D eigenvalue weighted by molar-refractivity contribution is 6.10. The Morgan fingerprint density at radius 1 is 1.16 bits per heavy atom. The second-order valence-corrected chi connectivity index (χ2v) is 10.3. The molecule has 38 heavy (non-hydrogen) atoms. The van der Waals surface area contributed by atoms with Gasteiger partial charge in [0.2, 0.25) is 0 Å². The summed E-state index contributed by atoms with van der Waals surface area (Å²) in [7, 11) is 3.64. The fraction of sp³-hybridized carbons (Fsp3) is 0.556. The third kappa shape index (κ3) is 4.54. The van der Waals surface area contributed by atoms with Crippen LogP contribution in [-0.2, 0) is 29.6 Å². The minimum atomic E-state index is 0.127. The molecule has 0 bridgehead atoms. The number of fused-ring (bicyclic) bond motifs is 3. The van der Waals surface area contributed by atoms with Crippen molar-refractivity contribution in [3.63, 3.8) is 0 Å². The lowest BCUT2D eigenvalue weighted by Gasteiger charge is -2.22. The summed E-state index contributed by atoms with van der Waals surface area (Å²) in [5.74, 6) is 1.45. The van der Waals surface area contributed by atoms with Gasteiger partial charge in [-0.2, -0.15) is 5.10 Å². The number of amides is 1. The number of hydrogen-bond donors (Lipinski definition) is 1. The maximum absolute atomic E-state index is 13.8. The summed E-state index contributed by atoms with van der Waals surface area (Å²) in [6.07, 6.45) is 6.23. The van der Waals surface area contributed by atoms with Crippen molar-refractivity contribution >= 4 is 39.6 Å². The van der Waals surface area contributed by atoms with E-state index < -0.39 is 0 Å². The van der Waals surface area contributed by atoms with E-state index in [4.69, 9.17) is 19.6 Å². The Morgan fingerprint density at radius 3 is 2.61 bits per heavy atom. The largest absolute Gasteiger partial charge is 0.382 e. The molecule has 11 heteroatoms. The normalized spacial score (nSPS) is 15.6. The van der Waals surface area contributed by atoms with Crippen LogP contribution in [0.3, 0.4) is 0 Å². The van der Waals surface area contributed by atoms with E-state index in [2.05, 4.69) is 22.1 Å². The average molecular weight is 521 g/mol. The van der Waals surface area contributed by atoms with Crippen molar-refractivity contribution in [1.82, 2.24) is 33.8 Å². The maximum atomic E-state index is 13.8. The van der Waals surface area contributed by atoms with Crippen LogP contribution in [0.2, 0.25) is 0 Å². The third-order valence-electron chi connectivity index (χ3n) is 7.46. The zero-order chi connectivity index (χ0) is 26.4. The molecule has 11 nitrogen and oxygen atoms in total. The smallest absolute Gasteiger partial charge is 0.271 e. The molecular formula is C27H36N8O3. The van der Waals surface area contributed by atoms with E-state index in [0.717, 1.165) is 53.4 Å². The zero-order valence-corrected chi connectivity index (χ0v) is 22.6. The maximum Gasteiger partial charge on any atom is 0.271 e. The monoisotopic (exact) mass is 520 g/mol. The summed E-state index contributed by atoms with van der Waals surface area (Å²) in [5.41, 5.74) is 4.21. The van der Waals surface area contributed by atoms with Gasteiger partial charge in [0.05, 0.1) is 38.2 Å². The van der Waals surface area contributed by atoms with Crippen LogP contribution in [0.1, 0.15) is 48.8 Å². The van der Waals surface area contributed by atoms with Crippen LogP contribution in [0.15, 0.2) is 18.5 Å². The molecule has 0 radical (unpaired) electrons. The lowest BCUT2D eigenvalue weighted by Crippen LogP contribution is -2.36. The van der Waals surface area contributed by atoms with Gasteiger partial charge in [0.15, 0.2) is 11.6 Å². The number of nitrogens with one attached hydrogen (secondary N) is 1. The number of hydrogen-bond acceptors (Lipinski definition) is 7. The van der Waals surface area contributed by atoms with Crippen LogP contribution in [-0.4, -0.2) is 78.7 Å². The number of aryl methyl sites for hydroxylation is 3. The van der Waals surface area contributed by atoms with E-state index >= 15 is 0 Å². The first-order valence-corrected chi connectivity index (χ1v) is 13.5. The van der Waals surface area contributed by atoms with Crippen LogP contribution < -0.4 is 5.32 Å². The second-order valence-electron chi connectivity index (χ2n) is 10.3. The number of carbonyl (C=O) groups excluding carboxylic acids is 1. The van der Waals surface area contributed by atoms with Gasteiger partial charge in [0, 0.05) is 49.9 Å². The van der Waals surface area contributed by atoms with Gasteiger partial charge in [-0.15, -0.1) is 0 Å². The second kappa shape index (κ2) is 10.0. The summed E-state index contributed by atoms with van der Waals surface area (Å²) in [5, 5.41) is 9.07. The number of anilines is 2. The number of carbonyl (C=O) groups is 1. The molecule has 202 valence electrons. The molecule has 0 atom stereocenters. The van der Waals surface area contributed by atoms with Gasteiger partial charge in [0.25, 0.3) is 5.91 Å². The minimum Gasteiger partial charge on any atom is -0.382 e.